The molecule has 38 heavy (non-hydrogen) atoms. The number of hydrogen-bond donors (Lipinski definition) is 0. The minimum absolute atomic E-state index is 0.0241. The maximum atomic E-state index is 13.7. The Morgan fingerprint density at radius 3 is 2.50 bits per heavy atom. The van der Waals surface area contributed by atoms with Gasteiger partial charge in [-0.1, -0.05) is 56.5 Å². The van der Waals surface area contributed by atoms with E-state index in [4.69, 9.17) is 13.9 Å². The average Bonchev–Trinajstić information content (AvgIpc) is 3.21. The summed E-state index contributed by atoms with van der Waals surface area (Å²) in [5.74, 6) is 0.390. The second kappa shape index (κ2) is 11.1. The fourth-order valence-corrected chi connectivity index (χ4v) is 4.95. The molecule has 1 aromatic heterocycles. The fourth-order valence-electron chi connectivity index (χ4n) is 4.95. The number of carbonyl (C=O) groups excluding carboxylic acids is 1. The van der Waals surface area contributed by atoms with Crippen molar-refractivity contribution in [1.29, 1.82) is 0 Å². The Hall–Kier alpha value is -4.13. The van der Waals surface area contributed by atoms with Gasteiger partial charge in [0.2, 0.25) is 5.76 Å². The van der Waals surface area contributed by atoms with Gasteiger partial charge in [-0.2, -0.15) is 0 Å². The number of rotatable bonds is 10. The van der Waals surface area contributed by atoms with Crippen LogP contribution >= 0.6 is 0 Å². The Balaban J connectivity index is 1.56. The quantitative estimate of drug-likeness (QED) is 0.221. The molecule has 1 aliphatic heterocycles. The maximum Gasteiger partial charge on any atom is 0.291 e. The zero-order valence-corrected chi connectivity index (χ0v) is 21.5. The van der Waals surface area contributed by atoms with Gasteiger partial charge in [0.1, 0.15) is 11.4 Å². The van der Waals surface area contributed by atoms with Crippen LogP contribution in [0.15, 0.2) is 75.9 Å². The molecule has 2 heterocycles. The highest BCUT2D eigenvalue weighted by Crippen LogP contribution is 2.41. The van der Waals surface area contributed by atoms with Crippen LogP contribution in [0.25, 0.3) is 11.0 Å². The fraction of sp³-hybridized carbons (Fsp3) is 0.290. The summed E-state index contributed by atoms with van der Waals surface area (Å²) >= 11 is 0. The van der Waals surface area contributed by atoms with Crippen LogP contribution in [0.2, 0.25) is 0 Å². The van der Waals surface area contributed by atoms with Gasteiger partial charge in [0.25, 0.3) is 5.91 Å². The second-order valence-electron chi connectivity index (χ2n) is 9.45. The number of fused-ring (bicyclic) bond motifs is 2. The first-order chi connectivity index (χ1) is 18.5. The number of nitrogens with zero attached hydrogens (tertiary/aromatic N) is 1. The van der Waals surface area contributed by atoms with Crippen molar-refractivity contribution in [3.05, 3.63) is 105 Å². The van der Waals surface area contributed by atoms with Crippen LogP contribution in [0.5, 0.6) is 11.5 Å². The summed E-state index contributed by atoms with van der Waals surface area (Å²) in [7, 11) is 1.56. The van der Waals surface area contributed by atoms with Crippen LogP contribution in [0.4, 0.5) is 4.39 Å². The van der Waals surface area contributed by atoms with Gasteiger partial charge in [0.05, 0.1) is 30.7 Å². The van der Waals surface area contributed by atoms with Crippen molar-refractivity contribution >= 4 is 16.9 Å². The van der Waals surface area contributed by atoms with Crippen molar-refractivity contribution in [2.45, 2.75) is 45.2 Å². The van der Waals surface area contributed by atoms with E-state index in [9.17, 15) is 14.0 Å². The van der Waals surface area contributed by atoms with Gasteiger partial charge in [-0.15, -0.1) is 0 Å². The minimum atomic E-state index is -0.712. The van der Waals surface area contributed by atoms with Crippen molar-refractivity contribution < 1.29 is 23.1 Å². The highest BCUT2D eigenvalue weighted by molar-refractivity contribution is 5.99. The minimum Gasteiger partial charge on any atom is -0.493 e. The molecule has 0 N–H and O–H groups in total. The van der Waals surface area contributed by atoms with Gasteiger partial charge in [0, 0.05) is 6.54 Å². The molecule has 0 fully saturated rings. The standard InChI is InChI=1S/C31H30FNO5/c1-3-4-5-8-17-37-25-16-13-21(18-26(25)36-2)28-27-29(34)23-9-6-7-10-24(23)38-30(27)31(35)33(28)19-20-11-14-22(32)15-12-20/h6-7,9-16,18,28H,3-5,8,17,19H2,1-2H3. The molecule has 1 atom stereocenters. The van der Waals surface area contributed by atoms with Crippen molar-refractivity contribution in [1.82, 2.24) is 4.90 Å². The molecule has 0 aliphatic carbocycles. The molecule has 196 valence electrons. The number of benzene rings is 3. The van der Waals surface area contributed by atoms with E-state index < -0.39 is 11.9 Å². The normalized spacial score (nSPS) is 14.7. The van der Waals surface area contributed by atoms with Crippen LogP contribution in [0.3, 0.4) is 0 Å². The van der Waals surface area contributed by atoms with E-state index in [2.05, 4.69) is 6.92 Å². The maximum absolute atomic E-state index is 13.7. The largest absolute Gasteiger partial charge is 0.493 e. The number of halogens is 1. The number of hydrogen-bond acceptors (Lipinski definition) is 5. The Kier molecular flexibility index (Phi) is 7.45. The first kappa shape index (κ1) is 25.5. The molecule has 1 amide bonds. The number of para-hydroxylation sites is 1. The number of carbonyl (C=O) groups is 1. The smallest absolute Gasteiger partial charge is 0.291 e. The predicted octanol–water partition coefficient (Wildman–Crippen LogP) is 6.65. The summed E-state index contributed by atoms with van der Waals surface area (Å²) < 4.78 is 31.2. The van der Waals surface area contributed by atoms with Gasteiger partial charge in [0.15, 0.2) is 16.9 Å². The van der Waals surface area contributed by atoms with Gasteiger partial charge in [-0.3, -0.25) is 9.59 Å². The van der Waals surface area contributed by atoms with Crippen molar-refractivity contribution in [3.63, 3.8) is 0 Å². The molecule has 4 aromatic rings. The Morgan fingerprint density at radius 1 is 0.947 bits per heavy atom. The van der Waals surface area contributed by atoms with Gasteiger partial charge in [-0.25, -0.2) is 4.39 Å². The average molecular weight is 516 g/mol. The van der Waals surface area contributed by atoms with Crippen LogP contribution in [0, 0.1) is 5.82 Å². The molecule has 0 spiro atoms. The van der Waals surface area contributed by atoms with Crippen molar-refractivity contribution in [3.8, 4) is 11.5 Å². The first-order valence-corrected chi connectivity index (χ1v) is 12.9. The van der Waals surface area contributed by atoms with E-state index in [1.54, 1.807) is 54.5 Å². The third-order valence-electron chi connectivity index (χ3n) is 6.90. The SMILES string of the molecule is CCCCCCOc1ccc(C2c3c(oc4ccccc4c3=O)C(=O)N2Cc2ccc(F)cc2)cc1OC. The third kappa shape index (κ3) is 4.88. The summed E-state index contributed by atoms with van der Waals surface area (Å²) in [6.07, 6.45) is 4.36. The van der Waals surface area contributed by atoms with Crippen LogP contribution < -0.4 is 14.9 Å². The molecule has 5 rings (SSSR count). The molecular weight excluding hydrogens is 485 g/mol. The summed E-state index contributed by atoms with van der Waals surface area (Å²) in [6, 6.07) is 17.6. The van der Waals surface area contributed by atoms with Gasteiger partial charge >= 0.3 is 0 Å². The summed E-state index contributed by atoms with van der Waals surface area (Å²) in [4.78, 5) is 28.9. The number of amides is 1. The molecular formula is C31H30FNO5. The molecule has 0 saturated heterocycles. The molecule has 3 aromatic carbocycles. The molecule has 6 nitrogen and oxygen atoms in total. The summed E-state index contributed by atoms with van der Waals surface area (Å²) in [5, 5.41) is 0.409. The molecule has 0 bridgehead atoms. The highest BCUT2D eigenvalue weighted by atomic mass is 19.1. The summed E-state index contributed by atoms with van der Waals surface area (Å²) in [5.41, 5.74) is 1.81. The van der Waals surface area contributed by atoms with Gasteiger partial charge in [-0.05, 0) is 53.9 Å². The lowest BCUT2D eigenvalue weighted by atomic mass is 9.97. The number of methoxy groups -OCH3 is 1. The second-order valence-corrected chi connectivity index (χ2v) is 9.45. The Bertz CT molecular complexity index is 1510. The van der Waals surface area contributed by atoms with Crippen molar-refractivity contribution in [2.75, 3.05) is 13.7 Å². The molecule has 1 aliphatic rings. The molecule has 7 heteroatoms. The van der Waals surface area contributed by atoms with Crippen molar-refractivity contribution in [2.24, 2.45) is 0 Å². The summed E-state index contributed by atoms with van der Waals surface area (Å²) in [6.45, 7) is 2.91. The molecule has 1 unspecified atom stereocenters. The van der Waals surface area contributed by atoms with E-state index in [1.807, 2.05) is 12.1 Å². The van der Waals surface area contributed by atoms with E-state index in [-0.39, 0.29) is 29.1 Å². The highest BCUT2D eigenvalue weighted by Gasteiger charge is 2.43. The lowest BCUT2D eigenvalue weighted by molar-refractivity contribution is 0.0714. The van der Waals surface area contributed by atoms with E-state index >= 15 is 0 Å². The molecule has 0 radical (unpaired) electrons. The Morgan fingerprint density at radius 2 is 1.74 bits per heavy atom. The van der Waals surface area contributed by atoms with E-state index in [1.165, 1.54) is 12.1 Å². The van der Waals surface area contributed by atoms with E-state index in [0.717, 1.165) is 31.2 Å². The number of ether oxygens (including phenoxy) is 2. The van der Waals surface area contributed by atoms with Gasteiger partial charge < -0.3 is 18.8 Å². The Labute approximate surface area is 220 Å². The molecule has 0 saturated carbocycles. The monoisotopic (exact) mass is 515 g/mol. The van der Waals surface area contributed by atoms with Crippen LogP contribution in [0.1, 0.15) is 65.9 Å². The van der Waals surface area contributed by atoms with Crippen LogP contribution in [-0.2, 0) is 6.54 Å². The van der Waals surface area contributed by atoms with E-state index in [0.29, 0.717) is 34.6 Å². The third-order valence-corrected chi connectivity index (χ3v) is 6.90. The zero-order chi connectivity index (χ0) is 26.6. The number of unbranched alkanes of at least 4 members (excludes halogenated alkanes) is 3. The predicted molar refractivity (Wildman–Crippen MR) is 143 cm³/mol. The lowest BCUT2D eigenvalue weighted by Gasteiger charge is -2.26. The van der Waals surface area contributed by atoms with Crippen LogP contribution in [-0.4, -0.2) is 24.5 Å². The topological polar surface area (TPSA) is 69.0 Å². The first-order valence-electron chi connectivity index (χ1n) is 12.9. The lowest BCUT2D eigenvalue weighted by Crippen LogP contribution is -2.29. The zero-order valence-electron chi connectivity index (χ0n) is 21.5.